The summed E-state index contributed by atoms with van der Waals surface area (Å²) in [7, 11) is -0.814. The van der Waals surface area contributed by atoms with E-state index in [1.54, 1.807) is 100 Å². The molecule has 0 radical (unpaired) electrons. The molecule has 0 aliphatic carbocycles. The van der Waals surface area contributed by atoms with E-state index in [1.807, 2.05) is 6.92 Å². The summed E-state index contributed by atoms with van der Waals surface area (Å²) in [5.41, 5.74) is 13.9. The molecule has 0 aliphatic heterocycles. The number of nitrogens with two attached hydrogens (primary N) is 2. The molecule has 0 saturated carbocycles. The third kappa shape index (κ3) is 30.2. The summed E-state index contributed by atoms with van der Waals surface area (Å²) in [6.07, 6.45) is -2.60. The van der Waals surface area contributed by atoms with Gasteiger partial charge in [-0.1, -0.05) is 81.8 Å². The molecule has 0 bridgehead atoms. The molecule has 10 amide bonds. The van der Waals surface area contributed by atoms with Crippen LogP contribution < -0.4 is 54.0 Å². The van der Waals surface area contributed by atoms with E-state index in [9.17, 15) is 71.5 Å². The fourth-order valence-corrected chi connectivity index (χ4v) is 9.93. The summed E-state index contributed by atoms with van der Waals surface area (Å²) < 4.78 is 50.9. The Labute approximate surface area is 563 Å². The number of amides is 10. The molecule has 0 aromatic heterocycles. The van der Waals surface area contributed by atoms with Gasteiger partial charge in [0.15, 0.2) is 25.9 Å². The Morgan fingerprint density at radius 2 is 0.854 bits per heavy atom. The molecule has 0 fully saturated rings. The van der Waals surface area contributed by atoms with E-state index >= 15 is 0 Å². The van der Waals surface area contributed by atoms with Crippen molar-refractivity contribution in [3.05, 3.63) is 131 Å². The lowest BCUT2D eigenvalue weighted by Crippen LogP contribution is -2.45. The summed E-state index contributed by atoms with van der Waals surface area (Å²) >= 11 is 0. The van der Waals surface area contributed by atoms with Crippen LogP contribution in [0.4, 0.5) is 25.4 Å². The van der Waals surface area contributed by atoms with Gasteiger partial charge in [-0.25, -0.2) is 14.0 Å². The highest BCUT2D eigenvalue weighted by molar-refractivity contribution is 6.01. The van der Waals surface area contributed by atoms with Crippen LogP contribution in [-0.2, 0) is 70.6 Å². The number of nitrogens with one attached hydrogen (secondary N) is 8. The maximum Gasteiger partial charge on any atom is 0.312 e. The van der Waals surface area contributed by atoms with E-state index < -0.39 is 121 Å². The van der Waals surface area contributed by atoms with Gasteiger partial charge in [-0.2, -0.15) is 0 Å². The molecule has 4 rings (SSSR count). The van der Waals surface area contributed by atoms with Crippen molar-refractivity contribution in [2.45, 2.75) is 137 Å². The Morgan fingerprint density at radius 3 is 1.19 bits per heavy atom. The fourth-order valence-electron chi connectivity index (χ4n) is 9.93. The summed E-state index contributed by atoms with van der Waals surface area (Å²) in [6, 6.07) is 21.1. The number of urea groups is 2. The van der Waals surface area contributed by atoms with Crippen LogP contribution in [-0.4, -0.2) is 123 Å². The van der Waals surface area contributed by atoms with E-state index in [4.69, 9.17) is 17.0 Å². The van der Waals surface area contributed by atoms with Gasteiger partial charge in [0, 0.05) is 115 Å². The molecule has 4 aromatic rings. The summed E-state index contributed by atoms with van der Waals surface area (Å²) in [5.74, 6) is -9.38. The zero-order valence-corrected chi connectivity index (χ0v) is 54.6. The Bertz CT molecular complexity index is 3200. The minimum Gasteiger partial charge on any atom is -0.463 e. The van der Waals surface area contributed by atoms with E-state index in [-0.39, 0.29) is 127 Å². The molecule has 520 valence electrons. The van der Waals surface area contributed by atoms with Crippen LogP contribution in [0.1, 0.15) is 148 Å². The number of primary amides is 2. The van der Waals surface area contributed by atoms with Crippen LogP contribution >= 0.6 is 0 Å². The predicted octanol–water partition coefficient (Wildman–Crippen LogP) is 6.20. The van der Waals surface area contributed by atoms with Crippen LogP contribution in [0.25, 0.3) is 0 Å². The molecule has 96 heavy (non-hydrogen) atoms. The van der Waals surface area contributed by atoms with Gasteiger partial charge in [-0.15, -0.1) is 0 Å². The number of ketones is 4. The molecular formula is C69H91FN10O16. The van der Waals surface area contributed by atoms with Crippen molar-refractivity contribution in [1.29, 1.82) is 0 Å². The third-order valence-electron chi connectivity index (χ3n) is 15.3. The number of aryl methyl sites for hydroxylation is 1. The number of benzene rings is 4. The van der Waals surface area contributed by atoms with E-state index in [0.29, 0.717) is 40.9 Å². The maximum atomic E-state index is 13.6. The minimum atomic E-state index is -1.18. The highest BCUT2D eigenvalue weighted by atomic mass is 19.1. The quantitative estimate of drug-likeness (QED) is 0.0134. The molecule has 0 aliphatic rings. The van der Waals surface area contributed by atoms with E-state index in [2.05, 4.69) is 52.0 Å². The van der Waals surface area contributed by atoms with Gasteiger partial charge in [-0.05, 0) is 117 Å². The number of hydrogen-bond acceptors (Lipinski definition) is 16. The van der Waals surface area contributed by atoms with Crippen LogP contribution in [0.5, 0.6) is 0 Å². The molecule has 0 spiro atoms. The predicted molar refractivity (Wildman–Crippen MR) is 354 cm³/mol. The normalized spacial score (nSPS) is 13.2. The first kappa shape index (κ1) is 73.2. The van der Waals surface area contributed by atoms with Crippen molar-refractivity contribution < 1.29 is 86.5 Å². The first-order valence-corrected chi connectivity index (χ1v) is 31.2. The fraction of sp³-hybridized carbons (Fsp3) is 0.449. The zero-order chi connectivity index (χ0) is 74.4. The van der Waals surface area contributed by atoms with Crippen LogP contribution in [0.2, 0.25) is 0 Å². The number of carbonyl (C=O) groups is 14. The van der Waals surface area contributed by atoms with Crippen molar-refractivity contribution in [2.24, 2.45) is 47.0 Å². The average molecular weight is 1340 g/mol. The lowest BCUT2D eigenvalue weighted by Gasteiger charge is -2.24. The van der Waals surface area contributed by atoms with Gasteiger partial charge in [0.2, 0.25) is 35.4 Å². The van der Waals surface area contributed by atoms with Crippen molar-refractivity contribution in [3.8, 4) is 0 Å². The Balaban J connectivity index is 0.000000520. The molecule has 4 aromatic carbocycles. The number of anilines is 2. The largest absolute Gasteiger partial charge is 0.463 e. The number of hydrogen-bond donors (Lipinski definition) is 10. The number of halogens is 1. The van der Waals surface area contributed by atoms with Crippen LogP contribution in [0, 0.1) is 48.2 Å². The smallest absolute Gasteiger partial charge is 0.312 e. The number of ether oxygens (including phenoxy) is 2. The second-order valence-corrected chi connectivity index (χ2v) is 23.5. The molecule has 6 atom stereocenters. The number of Topliss-reactive ketones (excluding diaryl/α,β-unsaturated/α-hetero) is 4. The van der Waals surface area contributed by atoms with Crippen molar-refractivity contribution >= 4 is 94.9 Å². The Kier molecular flexibility index (Phi) is 32.7. The van der Waals surface area contributed by atoms with E-state index in [1.165, 1.54) is 12.1 Å². The molecule has 27 heteroatoms. The van der Waals surface area contributed by atoms with E-state index in [0.717, 1.165) is 17.7 Å². The zero-order valence-electron chi connectivity index (χ0n) is 58.6. The lowest BCUT2D eigenvalue weighted by atomic mass is 9.89. The van der Waals surface area contributed by atoms with Crippen LogP contribution in [0.15, 0.2) is 97.1 Å². The van der Waals surface area contributed by atoms with Gasteiger partial charge < -0.3 is 63.5 Å². The Hall–Kier alpha value is -10.2. The monoisotopic (exact) mass is 1340 g/mol. The topological polar surface area (TPSA) is 406 Å². The standard InChI is InChI=1S/C35H47N5O8.C34H44FN5O8/c1-22(2)32(40-31(44)16-13-27(33(45)37-4)18-29(42)25-11-7-23(3)8-12-25)30(43)19-26(6-5-17-38-35(36)47)34(46)39-28-14-9-24(10-15-28)20-48-21-41;1-21(2)31(40-30(44)15-10-25(32(45)37-3)17-28(42)23-8-11-26(35)12-9-23)29(43)18-24(5-4-16-38-34(36)47)33(46)39-27-13-6-22(7-14-27)19-48-20-41/h7-12,14-15,21-22,26-27,32H,5-6,13,16-20H2,1-4H3,(H,37,45)(H,39,46)(H,40,44)(H3,36,38,47);6-9,11-14,20-21,24-25,31H,4-5,10,15-19H2,1-3H3,(H,37,45)(H,39,46)(H,40,44)(H3,36,38,47)/t26-,27-,32+;24-,25-,31+/m11/s1/i4D,21D;3D,20D. The summed E-state index contributed by atoms with van der Waals surface area (Å²) in [4.78, 5) is 175. The van der Waals surface area contributed by atoms with Gasteiger partial charge in [-0.3, -0.25) is 57.5 Å². The third-order valence-corrected chi connectivity index (χ3v) is 15.3. The highest BCUT2D eigenvalue weighted by Crippen LogP contribution is 2.24. The average Bonchev–Trinajstić information content (AvgIpc) is 0.877. The molecule has 0 heterocycles. The first-order chi connectivity index (χ1) is 47.4. The first-order valence-electron chi connectivity index (χ1n) is 33.6. The second kappa shape index (κ2) is 42.9. The van der Waals surface area contributed by atoms with Crippen molar-refractivity contribution in [1.82, 2.24) is 31.9 Å². The second-order valence-electron chi connectivity index (χ2n) is 23.5. The van der Waals surface area contributed by atoms with Crippen molar-refractivity contribution in [3.63, 3.8) is 0 Å². The lowest BCUT2D eigenvalue weighted by molar-refractivity contribution is -0.131. The van der Waals surface area contributed by atoms with Gasteiger partial charge >= 0.3 is 12.1 Å². The molecule has 26 nitrogen and oxygen atoms in total. The maximum absolute atomic E-state index is 13.6. The summed E-state index contributed by atoms with van der Waals surface area (Å²) in [6.45, 7) is 8.96. The molecule has 12 N–H and O–H groups in total. The molecule has 0 saturated heterocycles. The minimum absolute atomic E-state index is 0.0104. The molecular weight excluding hydrogens is 1240 g/mol. The number of rotatable bonds is 40. The Morgan fingerprint density at radius 1 is 0.500 bits per heavy atom. The van der Waals surface area contributed by atoms with Gasteiger partial charge in [0.25, 0.3) is 12.9 Å². The molecule has 0 unspecified atom stereocenters. The van der Waals surface area contributed by atoms with Crippen molar-refractivity contribution in [2.75, 3.05) is 37.8 Å². The van der Waals surface area contributed by atoms with Crippen LogP contribution in [0.3, 0.4) is 0 Å². The highest BCUT2D eigenvalue weighted by Gasteiger charge is 2.33. The van der Waals surface area contributed by atoms with Gasteiger partial charge in [0.1, 0.15) is 19.0 Å². The number of carbonyl (C=O) groups excluding carboxylic acids is 14. The summed E-state index contributed by atoms with van der Waals surface area (Å²) in [5, 5.41) is 20.6. The SMILES string of the molecule is [2H]CNC(=O)[C@H](CCC(=O)N[C@H](C(=O)C[C@@H](CCCNC(N)=O)C(=O)Nc1ccc(COC([2H])=O)cc1)C(C)C)CC(=O)c1ccc(C)cc1.[2H]CNC(=O)[C@H](CCC(=O)N[C@H](C(=O)C[C@@H](CCCNC(N)=O)C(=O)Nc1ccc(COC([2H])=O)cc1)C(C)C)CC(=O)c1ccc(F)cc1. The van der Waals surface area contributed by atoms with Gasteiger partial charge in [0.05, 0.1) is 12.1 Å².